The van der Waals surface area contributed by atoms with Crippen LogP contribution in [-0.4, -0.2) is 122 Å². The Morgan fingerprint density at radius 3 is 1.90 bits per heavy atom. The first kappa shape index (κ1) is 47.0. The summed E-state index contributed by atoms with van der Waals surface area (Å²) in [6.07, 6.45) is -2.55. The minimum absolute atomic E-state index is 0.000364. The Hall–Kier alpha value is -7.55. The van der Waals surface area contributed by atoms with Crippen LogP contribution >= 0.6 is 23.2 Å². The van der Waals surface area contributed by atoms with Crippen molar-refractivity contribution in [2.45, 2.75) is 13.8 Å². The Balaban J connectivity index is 1.17. The van der Waals surface area contributed by atoms with Gasteiger partial charge in [-0.15, -0.1) is 0 Å². The van der Waals surface area contributed by atoms with E-state index in [9.17, 15) is 9.59 Å². The number of benzene rings is 3. The van der Waals surface area contributed by atoms with Crippen LogP contribution in [0.25, 0.3) is 22.5 Å². The summed E-state index contributed by atoms with van der Waals surface area (Å²) in [6, 6.07) is 22.1. The van der Waals surface area contributed by atoms with E-state index in [2.05, 4.69) is 19.9 Å². The average Bonchev–Trinajstić information content (AvgIpc) is 3.88. The lowest BCUT2D eigenvalue weighted by Gasteiger charge is -2.38. The van der Waals surface area contributed by atoms with Gasteiger partial charge in [-0.05, 0) is 75.4 Å². The van der Waals surface area contributed by atoms with Gasteiger partial charge in [0.15, 0.2) is 16.2 Å². The van der Waals surface area contributed by atoms with Crippen LogP contribution in [0.4, 0.5) is 37.4 Å². The highest BCUT2D eigenvalue weighted by Crippen LogP contribution is 2.41. The van der Waals surface area contributed by atoms with Crippen LogP contribution < -0.4 is 43.1 Å². The lowest BCUT2D eigenvalue weighted by atomic mass is 10.2. The molecule has 0 radical (unpaired) electrons. The number of hydrogen-bond donors (Lipinski definition) is 0. The van der Waals surface area contributed by atoms with E-state index in [4.69, 9.17) is 65.4 Å². The number of ether oxygens (including phenoxy) is 6. The van der Waals surface area contributed by atoms with Crippen LogP contribution in [0.5, 0.6) is 34.8 Å². The number of para-hydroxylation sites is 3. The van der Waals surface area contributed by atoms with Gasteiger partial charge >= 0.3 is 18.2 Å². The van der Waals surface area contributed by atoms with Gasteiger partial charge in [0.25, 0.3) is 11.8 Å². The molecule has 1 aliphatic heterocycles. The maximum absolute atomic E-state index is 15.3. The second-order valence-electron chi connectivity index (χ2n) is 15.0. The summed E-state index contributed by atoms with van der Waals surface area (Å²) in [5.74, 6) is 0.323. The first-order valence-corrected chi connectivity index (χ1v) is 22.1. The number of furan rings is 2. The maximum Gasteiger partial charge on any atom is 0.431 e. The molecule has 22 heteroatoms. The Morgan fingerprint density at radius 1 is 0.676 bits per heavy atom. The fraction of sp³-hybridized carbons (Fsp3) is 0.283. The molecule has 8 rings (SSSR count). The van der Waals surface area contributed by atoms with E-state index < -0.39 is 24.0 Å². The fourth-order valence-corrected chi connectivity index (χ4v) is 7.37. The number of anilines is 4. The topological polar surface area (TPSA) is 201 Å². The molecule has 68 heavy (non-hydrogen) atoms. The van der Waals surface area contributed by atoms with E-state index in [1.54, 1.807) is 56.2 Å². The van der Waals surface area contributed by atoms with E-state index in [1.165, 1.54) is 41.3 Å². The third-order valence-corrected chi connectivity index (χ3v) is 10.6. The SMILES string of the molecule is CCOc1nc2oc(Cl)cc2nc1N(C(=O)Oc1ccccc1)C(=O)Oc1ccccc1N(C(=O)N1CCN(c2cc(OC)cc(OCCN(C)C)c2)CC1)c1nc2cc(Cl)oc2nc1OCC. The van der Waals surface area contributed by atoms with Crippen molar-refractivity contribution in [2.75, 3.05) is 88.4 Å². The number of nitrogens with zero attached hydrogens (tertiary/aromatic N) is 9. The Bertz CT molecular complexity index is 2930. The normalized spacial score (nSPS) is 12.6. The second-order valence-corrected chi connectivity index (χ2v) is 15.8. The van der Waals surface area contributed by atoms with Crippen molar-refractivity contribution < 1.29 is 51.6 Å². The number of hydrogen-bond acceptors (Lipinski definition) is 17. The lowest BCUT2D eigenvalue weighted by Crippen LogP contribution is -2.52. The summed E-state index contributed by atoms with van der Waals surface area (Å²) in [5.41, 5.74) is 1.19. The van der Waals surface area contributed by atoms with E-state index >= 15 is 4.79 Å². The standard InChI is InChI=1S/C46H45Cl2N9O11/c1-6-62-42-38(49-32-26-36(47)67-40(32)51-42)56(44(58)55-19-17-54(18-20-55)28-23-30(61-5)25-31(24-28)64-22-21-53(3)4)34-15-11-12-16-35(34)66-46(60)57(45(59)65-29-13-9-8-10-14-29)39-43(63-7-2)52-41-33(50-39)27-37(48)68-41/h8-16,23-27H,6-7,17-22H2,1-5H3. The third kappa shape index (κ3) is 10.5. The van der Waals surface area contributed by atoms with Gasteiger partial charge < -0.3 is 52.0 Å². The van der Waals surface area contributed by atoms with Crippen LogP contribution in [-0.2, 0) is 0 Å². The molecule has 0 saturated carbocycles. The van der Waals surface area contributed by atoms with Gasteiger partial charge in [-0.3, -0.25) is 0 Å². The van der Waals surface area contributed by atoms with Crippen LogP contribution in [0.2, 0.25) is 10.4 Å². The molecule has 0 aliphatic carbocycles. The predicted molar refractivity (Wildman–Crippen MR) is 252 cm³/mol. The number of carbonyl (C=O) groups excluding carboxylic acids is 3. The first-order chi connectivity index (χ1) is 32.9. The molecule has 0 bridgehead atoms. The van der Waals surface area contributed by atoms with Gasteiger partial charge in [-0.1, -0.05) is 30.3 Å². The molecule has 7 aromatic rings. The number of aromatic nitrogens is 4. The summed E-state index contributed by atoms with van der Waals surface area (Å²) in [7, 11) is 5.53. The highest BCUT2D eigenvalue weighted by atomic mass is 35.5. The highest BCUT2D eigenvalue weighted by Gasteiger charge is 2.37. The van der Waals surface area contributed by atoms with Crippen molar-refractivity contribution in [3.8, 4) is 34.8 Å². The molecular formula is C46H45Cl2N9O11. The summed E-state index contributed by atoms with van der Waals surface area (Å²) in [5, 5.41) is -0.0547. The van der Waals surface area contributed by atoms with Crippen LogP contribution in [0.3, 0.4) is 0 Å². The zero-order valence-corrected chi connectivity index (χ0v) is 39.0. The number of methoxy groups -OCH3 is 1. The zero-order valence-electron chi connectivity index (χ0n) is 37.5. The Kier molecular flexibility index (Phi) is 14.5. The van der Waals surface area contributed by atoms with E-state index in [1.807, 2.05) is 37.2 Å². The lowest BCUT2D eigenvalue weighted by molar-refractivity contribution is 0.189. The van der Waals surface area contributed by atoms with E-state index in [0.29, 0.717) is 36.1 Å². The largest absolute Gasteiger partial charge is 0.497 e. The maximum atomic E-state index is 15.3. The molecule has 4 amide bonds. The number of piperazine rings is 1. The van der Waals surface area contributed by atoms with Crippen molar-refractivity contribution in [1.82, 2.24) is 29.7 Å². The molecule has 1 aliphatic rings. The van der Waals surface area contributed by atoms with Crippen molar-refractivity contribution in [3.05, 3.63) is 95.4 Å². The number of halogens is 2. The first-order valence-electron chi connectivity index (χ1n) is 21.3. The molecular weight excluding hydrogens is 925 g/mol. The predicted octanol–water partition coefficient (Wildman–Crippen LogP) is 9.10. The van der Waals surface area contributed by atoms with Crippen LogP contribution in [0.15, 0.2) is 93.8 Å². The van der Waals surface area contributed by atoms with E-state index in [-0.39, 0.29) is 94.0 Å². The summed E-state index contributed by atoms with van der Waals surface area (Å²) < 4.78 is 46.1. The average molecular weight is 971 g/mol. The quantitative estimate of drug-likeness (QED) is 0.0941. The Labute approximate surface area is 399 Å². The van der Waals surface area contributed by atoms with Crippen LogP contribution in [0.1, 0.15) is 13.8 Å². The molecule has 0 atom stereocenters. The van der Waals surface area contributed by atoms with Crippen molar-refractivity contribution >= 4 is 86.9 Å². The molecule has 4 aromatic heterocycles. The highest BCUT2D eigenvalue weighted by molar-refractivity contribution is 6.30. The second kappa shape index (κ2) is 21.0. The molecule has 5 heterocycles. The van der Waals surface area contributed by atoms with Crippen molar-refractivity contribution in [1.29, 1.82) is 0 Å². The number of fused-ring (bicyclic) bond motifs is 2. The number of rotatable bonds is 15. The molecule has 20 nitrogen and oxygen atoms in total. The molecule has 1 saturated heterocycles. The fourth-order valence-electron chi connectivity index (χ4n) is 7.02. The number of imide groups is 1. The van der Waals surface area contributed by atoms with Gasteiger partial charge in [-0.2, -0.15) is 14.9 Å². The number of likely N-dealkylation sites (N-methyl/N-ethyl adjacent to an activating group) is 1. The summed E-state index contributed by atoms with van der Waals surface area (Å²) in [6.45, 7) is 6.08. The molecule has 3 aromatic carbocycles. The minimum atomic E-state index is -1.32. The van der Waals surface area contributed by atoms with Gasteiger partial charge in [0.1, 0.15) is 34.9 Å². The number of carbonyl (C=O) groups is 3. The smallest absolute Gasteiger partial charge is 0.431 e. The third-order valence-electron chi connectivity index (χ3n) is 10.2. The minimum Gasteiger partial charge on any atom is -0.497 e. The zero-order chi connectivity index (χ0) is 47.9. The van der Waals surface area contributed by atoms with Crippen LogP contribution in [0, 0.1) is 0 Å². The van der Waals surface area contributed by atoms with E-state index in [0.717, 1.165) is 12.2 Å². The van der Waals surface area contributed by atoms with Crippen molar-refractivity contribution in [3.63, 3.8) is 0 Å². The Morgan fingerprint density at radius 2 is 1.26 bits per heavy atom. The molecule has 0 unspecified atom stereocenters. The van der Waals surface area contributed by atoms with Crippen molar-refractivity contribution in [2.24, 2.45) is 0 Å². The molecule has 354 valence electrons. The van der Waals surface area contributed by atoms with Gasteiger partial charge in [0.05, 0.1) is 26.0 Å². The van der Waals surface area contributed by atoms with Gasteiger partial charge in [0, 0.05) is 68.7 Å². The van der Waals surface area contributed by atoms with Gasteiger partial charge in [0.2, 0.25) is 23.1 Å². The number of amides is 4. The number of urea groups is 1. The summed E-state index contributed by atoms with van der Waals surface area (Å²) >= 11 is 12.4. The molecule has 0 spiro atoms. The molecule has 1 fully saturated rings. The molecule has 0 N–H and O–H groups in total. The van der Waals surface area contributed by atoms with Gasteiger partial charge in [-0.25, -0.2) is 29.3 Å². The summed E-state index contributed by atoms with van der Waals surface area (Å²) in [4.78, 5) is 69.8. The monoisotopic (exact) mass is 969 g/mol.